The fraction of sp³-hybridized carbons (Fsp3) is 0.188. The van der Waals surface area contributed by atoms with Gasteiger partial charge in [0.2, 0.25) is 5.91 Å². The SMILES string of the molecule is Cc1cccc(-c2c(CC(N)=O)ccc(O)c2C)c1. The summed E-state index contributed by atoms with van der Waals surface area (Å²) in [4.78, 5) is 11.2. The third-order valence-electron chi connectivity index (χ3n) is 3.19. The first kappa shape index (κ1) is 13.1. The van der Waals surface area contributed by atoms with Crippen molar-refractivity contribution in [3.63, 3.8) is 0 Å². The molecule has 0 saturated heterocycles. The van der Waals surface area contributed by atoms with Gasteiger partial charge in [-0.05, 0) is 42.2 Å². The number of aryl methyl sites for hydroxylation is 1. The third kappa shape index (κ3) is 2.76. The number of aromatic hydroxyl groups is 1. The summed E-state index contributed by atoms with van der Waals surface area (Å²) in [6.45, 7) is 3.85. The van der Waals surface area contributed by atoms with E-state index in [1.807, 2.05) is 38.1 Å². The summed E-state index contributed by atoms with van der Waals surface area (Å²) in [5.41, 5.74) is 9.91. The first-order valence-electron chi connectivity index (χ1n) is 6.16. The van der Waals surface area contributed by atoms with E-state index in [9.17, 15) is 9.90 Å². The molecule has 0 aliphatic carbocycles. The van der Waals surface area contributed by atoms with Crippen molar-refractivity contribution in [3.8, 4) is 16.9 Å². The van der Waals surface area contributed by atoms with Crippen molar-refractivity contribution in [1.29, 1.82) is 0 Å². The van der Waals surface area contributed by atoms with Gasteiger partial charge >= 0.3 is 0 Å². The van der Waals surface area contributed by atoms with Crippen LogP contribution < -0.4 is 5.73 Å². The average Bonchev–Trinajstić information content (AvgIpc) is 2.33. The zero-order valence-electron chi connectivity index (χ0n) is 11.1. The van der Waals surface area contributed by atoms with Crippen LogP contribution in [0.1, 0.15) is 16.7 Å². The Labute approximate surface area is 112 Å². The molecule has 2 aromatic rings. The minimum atomic E-state index is -0.376. The van der Waals surface area contributed by atoms with E-state index in [0.29, 0.717) is 0 Å². The molecule has 3 heteroatoms. The van der Waals surface area contributed by atoms with Crippen LogP contribution in [0.25, 0.3) is 11.1 Å². The molecule has 0 aromatic heterocycles. The molecule has 2 aromatic carbocycles. The van der Waals surface area contributed by atoms with Crippen LogP contribution in [0.2, 0.25) is 0 Å². The van der Waals surface area contributed by atoms with Crippen molar-refractivity contribution < 1.29 is 9.90 Å². The number of phenolic OH excluding ortho intramolecular Hbond substituents is 1. The highest BCUT2D eigenvalue weighted by molar-refractivity contribution is 5.82. The molecule has 0 aliphatic rings. The predicted molar refractivity (Wildman–Crippen MR) is 75.9 cm³/mol. The summed E-state index contributed by atoms with van der Waals surface area (Å²) in [7, 11) is 0. The first-order valence-corrected chi connectivity index (χ1v) is 6.16. The smallest absolute Gasteiger partial charge is 0.221 e. The molecule has 1 amide bonds. The second-order valence-corrected chi connectivity index (χ2v) is 4.76. The summed E-state index contributed by atoms with van der Waals surface area (Å²) >= 11 is 0. The van der Waals surface area contributed by atoms with Crippen molar-refractivity contribution in [1.82, 2.24) is 0 Å². The van der Waals surface area contributed by atoms with Crippen molar-refractivity contribution >= 4 is 5.91 Å². The molecule has 98 valence electrons. The van der Waals surface area contributed by atoms with Gasteiger partial charge in [0.25, 0.3) is 0 Å². The van der Waals surface area contributed by atoms with Crippen LogP contribution in [0.3, 0.4) is 0 Å². The second-order valence-electron chi connectivity index (χ2n) is 4.76. The van der Waals surface area contributed by atoms with Crippen molar-refractivity contribution in [2.45, 2.75) is 20.3 Å². The van der Waals surface area contributed by atoms with E-state index >= 15 is 0 Å². The number of phenols is 1. The summed E-state index contributed by atoms with van der Waals surface area (Å²) in [5, 5.41) is 9.87. The normalized spacial score (nSPS) is 10.4. The van der Waals surface area contributed by atoms with Crippen LogP contribution in [0.4, 0.5) is 0 Å². The molecule has 0 bridgehead atoms. The van der Waals surface area contributed by atoms with Crippen LogP contribution >= 0.6 is 0 Å². The molecule has 0 unspecified atom stereocenters. The highest BCUT2D eigenvalue weighted by atomic mass is 16.3. The lowest BCUT2D eigenvalue weighted by Gasteiger charge is -2.14. The number of carbonyl (C=O) groups excluding carboxylic acids is 1. The number of amides is 1. The lowest BCUT2D eigenvalue weighted by molar-refractivity contribution is -0.117. The van der Waals surface area contributed by atoms with Gasteiger partial charge in [-0.1, -0.05) is 35.9 Å². The molecule has 0 fully saturated rings. The summed E-state index contributed by atoms with van der Waals surface area (Å²) in [5.74, 6) is -0.149. The molecular formula is C16H17NO2. The van der Waals surface area contributed by atoms with Gasteiger partial charge in [0.15, 0.2) is 0 Å². The number of carbonyl (C=O) groups is 1. The predicted octanol–water partition coefficient (Wildman–Crippen LogP) is 2.70. The molecule has 0 saturated carbocycles. The van der Waals surface area contributed by atoms with Gasteiger partial charge in [-0.3, -0.25) is 4.79 Å². The Bertz CT molecular complexity index is 633. The highest BCUT2D eigenvalue weighted by Crippen LogP contribution is 2.33. The van der Waals surface area contributed by atoms with Crippen LogP contribution in [0.5, 0.6) is 5.75 Å². The maximum absolute atomic E-state index is 11.2. The molecule has 3 N–H and O–H groups in total. The quantitative estimate of drug-likeness (QED) is 0.885. The number of hydrogen-bond acceptors (Lipinski definition) is 2. The van der Waals surface area contributed by atoms with Gasteiger partial charge in [-0.15, -0.1) is 0 Å². The van der Waals surface area contributed by atoms with E-state index in [0.717, 1.165) is 27.8 Å². The Morgan fingerprint density at radius 3 is 2.58 bits per heavy atom. The summed E-state index contributed by atoms with van der Waals surface area (Å²) < 4.78 is 0. The Kier molecular flexibility index (Phi) is 3.56. The summed E-state index contributed by atoms with van der Waals surface area (Å²) in [6, 6.07) is 11.3. The number of nitrogens with two attached hydrogens (primary N) is 1. The van der Waals surface area contributed by atoms with Gasteiger partial charge in [0.05, 0.1) is 6.42 Å². The van der Waals surface area contributed by atoms with Gasteiger partial charge in [-0.2, -0.15) is 0 Å². The molecule has 0 spiro atoms. The van der Waals surface area contributed by atoms with Gasteiger partial charge < -0.3 is 10.8 Å². The van der Waals surface area contributed by atoms with Crippen LogP contribution in [-0.4, -0.2) is 11.0 Å². The Morgan fingerprint density at radius 1 is 1.21 bits per heavy atom. The lowest BCUT2D eigenvalue weighted by Crippen LogP contribution is -2.14. The maximum Gasteiger partial charge on any atom is 0.221 e. The fourth-order valence-corrected chi connectivity index (χ4v) is 2.29. The zero-order chi connectivity index (χ0) is 14.0. The van der Waals surface area contributed by atoms with E-state index in [1.165, 1.54) is 0 Å². The Balaban J connectivity index is 2.65. The van der Waals surface area contributed by atoms with E-state index in [2.05, 4.69) is 0 Å². The van der Waals surface area contributed by atoms with Crippen molar-refractivity contribution in [3.05, 3.63) is 53.1 Å². The largest absolute Gasteiger partial charge is 0.508 e. The van der Waals surface area contributed by atoms with Crippen molar-refractivity contribution in [2.24, 2.45) is 5.73 Å². The Morgan fingerprint density at radius 2 is 1.95 bits per heavy atom. The Hall–Kier alpha value is -2.29. The fourth-order valence-electron chi connectivity index (χ4n) is 2.29. The van der Waals surface area contributed by atoms with E-state index < -0.39 is 0 Å². The second kappa shape index (κ2) is 5.14. The van der Waals surface area contributed by atoms with Crippen molar-refractivity contribution in [2.75, 3.05) is 0 Å². The minimum Gasteiger partial charge on any atom is -0.508 e. The van der Waals surface area contributed by atoms with Gasteiger partial charge in [0.1, 0.15) is 5.75 Å². The number of primary amides is 1. The van der Waals surface area contributed by atoms with Crippen LogP contribution in [0, 0.1) is 13.8 Å². The molecule has 3 nitrogen and oxygen atoms in total. The maximum atomic E-state index is 11.2. The molecule has 0 aliphatic heterocycles. The molecule has 0 heterocycles. The highest BCUT2D eigenvalue weighted by Gasteiger charge is 2.13. The van der Waals surface area contributed by atoms with E-state index in [4.69, 9.17) is 5.73 Å². The minimum absolute atomic E-state index is 0.171. The topological polar surface area (TPSA) is 63.3 Å². The molecule has 19 heavy (non-hydrogen) atoms. The zero-order valence-corrected chi connectivity index (χ0v) is 11.1. The number of rotatable bonds is 3. The molecule has 2 rings (SSSR count). The van der Waals surface area contributed by atoms with Crippen LogP contribution in [0.15, 0.2) is 36.4 Å². The summed E-state index contributed by atoms with van der Waals surface area (Å²) in [6.07, 6.45) is 0.171. The van der Waals surface area contributed by atoms with E-state index in [1.54, 1.807) is 12.1 Å². The van der Waals surface area contributed by atoms with Crippen LogP contribution in [-0.2, 0) is 11.2 Å². The van der Waals surface area contributed by atoms with Gasteiger partial charge in [-0.25, -0.2) is 0 Å². The average molecular weight is 255 g/mol. The molecular weight excluding hydrogens is 238 g/mol. The lowest BCUT2D eigenvalue weighted by atomic mass is 9.92. The standard InChI is InChI=1S/C16H17NO2/c1-10-4-3-5-12(8-10)16-11(2)14(18)7-6-13(16)9-15(17)19/h3-8,18H,9H2,1-2H3,(H2,17,19). The molecule has 0 atom stereocenters. The van der Waals surface area contributed by atoms with Gasteiger partial charge in [0, 0.05) is 0 Å². The van der Waals surface area contributed by atoms with E-state index in [-0.39, 0.29) is 18.1 Å². The first-order chi connectivity index (χ1) is 8.99. The monoisotopic (exact) mass is 255 g/mol. The number of hydrogen-bond donors (Lipinski definition) is 2. The number of benzene rings is 2. The molecule has 0 radical (unpaired) electrons. The third-order valence-corrected chi connectivity index (χ3v) is 3.19.